The molecule has 3 N–H and O–H groups in total. The number of hydrogen-bond acceptors (Lipinski definition) is 15. The minimum absolute atomic E-state index is 0.104. The number of phosphoric acid groups is 2. The molecular weight excluding hydrogens is 1210 g/mol. The number of rotatable bonds is 73. The monoisotopic (exact) mass is 1350 g/mol. The Hall–Kier alpha value is -1.94. The minimum Gasteiger partial charge on any atom is -0.462 e. The van der Waals surface area contributed by atoms with Crippen molar-refractivity contribution in [3.05, 3.63) is 0 Å². The van der Waals surface area contributed by atoms with Crippen molar-refractivity contribution in [2.45, 2.75) is 400 Å². The zero-order chi connectivity index (χ0) is 67.7. The van der Waals surface area contributed by atoms with Crippen LogP contribution in [0.2, 0.25) is 0 Å². The van der Waals surface area contributed by atoms with Gasteiger partial charge in [-0.25, -0.2) is 9.13 Å². The number of esters is 4. The van der Waals surface area contributed by atoms with Crippen molar-refractivity contribution < 1.29 is 80.2 Å². The Kier molecular flexibility index (Phi) is 64.9. The molecule has 0 aliphatic heterocycles. The summed E-state index contributed by atoms with van der Waals surface area (Å²) in [5.41, 5.74) is 0. The highest BCUT2D eigenvalue weighted by atomic mass is 31.2. The molecule has 0 radical (unpaired) electrons. The van der Waals surface area contributed by atoms with Gasteiger partial charge < -0.3 is 33.8 Å². The highest BCUT2D eigenvalue weighted by Gasteiger charge is 2.30. The smallest absolute Gasteiger partial charge is 0.462 e. The molecule has 0 aromatic rings. The Morgan fingerprint density at radius 3 is 0.739 bits per heavy atom. The predicted molar refractivity (Wildman–Crippen MR) is 372 cm³/mol. The first kappa shape index (κ1) is 90.1. The topological polar surface area (TPSA) is 237 Å². The van der Waals surface area contributed by atoms with Gasteiger partial charge in [0, 0.05) is 25.7 Å². The van der Waals surface area contributed by atoms with Gasteiger partial charge in [-0.1, -0.05) is 330 Å². The Balaban J connectivity index is 5.13. The van der Waals surface area contributed by atoms with Crippen LogP contribution in [0.5, 0.6) is 0 Å². The third-order valence-electron chi connectivity index (χ3n) is 17.0. The summed E-state index contributed by atoms with van der Waals surface area (Å²) < 4.78 is 68.3. The molecule has 0 aliphatic carbocycles. The van der Waals surface area contributed by atoms with Crippen molar-refractivity contribution in [3.8, 4) is 0 Å². The molecule has 0 saturated carbocycles. The molecule has 2 unspecified atom stereocenters. The molecule has 92 heavy (non-hydrogen) atoms. The number of aliphatic hydroxyl groups is 1. The first-order valence-electron chi connectivity index (χ1n) is 38.1. The zero-order valence-electron chi connectivity index (χ0n) is 59.7. The average Bonchev–Trinajstić information content (AvgIpc) is 2.48. The van der Waals surface area contributed by atoms with E-state index < -0.39 is 97.5 Å². The lowest BCUT2D eigenvalue weighted by atomic mass is 10.0. The maximum absolute atomic E-state index is 13.0. The summed E-state index contributed by atoms with van der Waals surface area (Å²) in [4.78, 5) is 72.5. The lowest BCUT2D eigenvalue weighted by Gasteiger charge is -2.21. The van der Waals surface area contributed by atoms with Crippen LogP contribution in [0.3, 0.4) is 0 Å². The van der Waals surface area contributed by atoms with E-state index in [4.69, 9.17) is 37.0 Å². The third-order valence-corrected chi connectivity index (χ3v) is 18.9. The molecule has 0 amide bonds. The Morgan fingerprint density at radius 2 is 0.500 bits per heavy atom. The van der Waals surface area contributed by atoms with E-state index in [9.17, 15) is 43.2 Å². The molecule has 0 aromatic heterocycles. The Labute approximate surface area is 562 Å². The van der Waals surface area contributed by atoms with Crippen molar-refractivity contribution in [3.63, 3.8) is 0 Å². The van der Waals surface area contributed by atoms with Gasteiger partial charge in [-0.05, 0) is 31.6 Å². The molecule has 0 rings (SSSR count). The normalized spacial score (nSPS) is 14.0. The molecule has 0 aromatic carbocycles. The number of phosphoric ester groups is 2. The minimum atomic E-state index is -4.95. The predicted octanol–water partition coefficient (Wildman–Crippen LogP) is 21.3. The zero-order valence-corrected chi connectivity index (χ0v) is 61.5. The molecular formula is C73H142O17P2. The van der Waals surface area contributed by atoms with E-state index in [1.807, 2.05) is 0 Å². The second kappa shape index (κ2) is 66.3. The summed E-state index contributed by atoms with van der Waals surface area (Å²) in [5.74, 6) is -1.43. The first-order chi connectivity index (χ1) is 44.5. The largest absolute Gasteiger partial charge is 0.472 e. The van der Waals surface area contributed by atoms with Gasteiger partial charge >= 0.3 is 39.5 Å². The van der Waals surface area contributed by atoms with Gasteiger partial charge in [0.2, 0.25) is 0 Å². The number of ether oxygens (including phenoxy) is 4. The second-order valence-corrected chi connectivity index (χ2v) is 29.7. The lowest BCUT2D eigenvalue weighted by Crippen LogP contribution is -2.30. The third kappa shape index (κ3) is 66.7. The van der Waals surface area contributed by atoms with Crippen LogP contribution >= 0.6 is 15.6 Å². The van der Waals surface area contributed by atoms with Crippen LogP contribution in [0, 0.1) is 5.92 Å². The van der Waals surface area contributed by atoms with Gasteiger partial charge in [0.15, 0.2) is 12.2 Å². The maximum Gasteiger partial charge on any atom is 0.472 e. The molecule has 5 atom stereocenters. The van der Waals surface area contributed by atoms with Crippen LogP contribution in [-0.4, -0.2) is 96.7 Å². The van der Waals surface area contributed by atoms with Crippen LogP contribution in [-0.2, 0) is 65.4 Å². The quantitative estimate of drug-likeness (QED) is 0.0222. The van der Waals surface area contributed by atoms with Crippen molar-refractivity contribution in [1.82, 2.24) is 0 Å². The first-order valence-corrected chi connectivity index (χ1v) is 41.1. The van der Waals surface area contributed by atoms with E-state index in [0.29, 0.717) is 31.6 Å². The van der Waals surface area contributed by atoms with Gasteiger partial charge in [0.05, 0.1) is 26.4 Å². The van der Waals surface area contributed by atoms with Crippen molar-refractivity contribution in [1.29, 1.82) is 0 Å². The Morgan fingerprint density at radius 1 is 0.293 bits per heavy atom. The molecule has 19 heteroatoms. The van der Waals surface area contributed by atoms with Crippen molar-refractivity contribution >= 4 is 39.5 Å². The van der Waals surface area contributed by atoms with E-state index in [1.165, 1.54) is 199 Å². The summed E-state index contributed by atoms with van der Waals surface area (Å²) in [6.45, 7) is 7.17. The summed E-state index contributed by atoms with van der Waals surface area (Å²) in [6, 6.07) is 0. The molecule has 17 nitrogen and oxygen atoms in total. The fourth-order valence-electron chi connectivity index (χ4n) is 11.2. The highest BCUT2D eigenvalue weighted by Crippen LogP contribution is 2.45. The molecule has 0 aliphatic rings. The van der Waals surface area contributed by atoms with E-state index in [0.717, 1.165) is 96.3 Å². The molecule has 0 fully saturated rings. The van der Waals surface area contributed by atoms with Gasteiger partial charge in [0.25, 0.3) is 0 Å². The van der Waals surface area contributed by atoms with Gasteiger partial charge in [0.1, 0.15) is 19.3 Å². The van der Waals surface area contributed by atoms with E-state index in [2.05, 4.69) is 34.6 Å². The fraction of sp³-hybridized carbons (Fsp3) is 0.945. The molecule has 546 valence electrons. The standard InChI is InChI=1S/C73H142O17P2/c1-6-9-12-15-18-21-23-25-26-27-28-29-30-31-32-33-34-36-38-43-48-53-58-72(77)89-68(63-84-71(76)57-52-47-42-37-35-24-22-19-16-13-10-7-2)64-87-91(79,80)85-60-67(74)61-86-92(81,82)88-65-69(62-83-70(75)56-51-46-41-20-17-14-11-8-3)90-73(78)59-54-49-44-39-40-45-50-55-66(4)5/h66-69,74H,6-65H2,1-5H3,(H,79,80)(H,81,82)/t67-,68-,69-/m1/s1. The molecule has 0 spiro atoms. The van der Waals surface area contributed by atoms with Crippen LogP contribution in [0.15, 0.2) is 0 Å². The average molecular weight is 1350 g/mol. The Bertz CT molecular complexity index is 1770. The van der Waals surface area contributed by atoms with Crippen LogP contribution in [0.25, 0.3) is 0 Å². The van der Waals surface area contributed by atoms with Gasteiger partial charge in [-0.3, -0.25) is 37.3 Å². The summed E-state index contributed by atoms with van der Waals surface area (Å²) in [7, 11) is -9.90. The van der Waals surface area contributed by atoms with Gasteiger partial charge in [-0.15, -0.1) is 0 Å². The summed E-state index contributed by atoms with van der Waals surface area (Å²) in [6.07, 6.45) is 54.5. The van der Waals surface area contributed by atoms with E-state index >= 15 is 0 Å². The number of carbonyl (C=O) groups excluding carboxylic acids is 4. The van der Waals surface area contributed by atoms with Crippen molar-refractivity contribution in [2.75, 3.05) is 39.6 Å². The van der Waals surface area contributed by atoms with Crippen LogP contribution in [0.1, 0.15) is 381 Å². The molecule has 0 heterocycles. The summed E-state index contributed by atoms with van der Waals surface area (Å²) in [5, 5.41) is 10.6. The fourth-order valence-corrected chi connectivity index (χ4v) is 12.8. The SMILES string of the molecule is CCCCCCCCCCCCCCCCCCCCCCCCC(=O)O[C@H](COC(=O)CCCCCCCCCCCCCC)COP(=O)(O)OC[C@@H](O)COP(=O)(O)OC[C@@H](COC(=O)CCCCCCCCCC)OC(=O)CCCCCCCCCC(C)C. The van der Waals surface area contributed by atoms with Crippen molar-refractivity contribution in [2.24, 2.45) is 5.92 Å². The summed E-state index contributed by atoms with van der Waals surface area (Å²) >= 11 is 0. The molecule has 0 saturated heterocycles. The number of hydrogen-bond donors (Lipinski definition) is 3. The van der Waals surface area contributed by atoms with Gasteiger partial charge in [-0.2, -0.15) is 0 Å². The van der Waals surface area contributed by atoms with E-state index in [1.54, 1.807) is 0 Å². The number of unbranched alkanes of at least 4 members (excludes halogenated alkanes) is 45. The second-order valence-electron chi connectivity index (χ2n) is 26.8. The molecule has 0 bridgehead atoms. The number of carbonyl (C=O) groups is 4. The maximum atomic E-state index is 13.0. The van der Waals surface area contributed by atoms with E-state index in [-0.39, 0.29) is 25.7 Å². The van der Waals surface area contributed by atoms with Crippen LogP contribution < -0.4 is 0 Å². The highest BCUT2D eigenvalue weighted by molar-refractivity contribution is 7.47. The van der Waals surface area contributed by atoms with Crippen LogP contribution in [0.4, 0.5) is 0 Å². The lowest BCUT2D eigenvalue weighted by molar-refractivity contribution is -0.161. The number of aliphatic hydroxyl groups excluding tert-OH is 1.